The maximum absolute atomic E-state index is 5.89. The van der Waals surface area contributed by atoms with Gasteiger partial charge in [0.2, 0.25) is 5.88 Å². The third-order valence-electron chi connectivity index (χ3n) is 4.45. The van der Waals surface area contributed by atoms with Crippen LogP contribution in [0, 0.1) is 0 Å². The second-order valence-electron chi connectivity index (χ2n) is 6.36. The van der Waals surface area contributed by atoms with E-state index in [2.05, 4.69) is 28.1 Å². The summed E-state index contributed by atoms with van der Waals surface area (Å²) in [5.74, 6) is 1.59. The molecule has 0 fully saturated rings. The van der Waals surface area contributed by atoms with E-state index in [1.165, 1.54) is 5.56 Å². The first-order valence-corrected chi connectivity index (χ1v) is 8.90. The molecule has 0 aliphatic carbocycles. The normalized spacial score (nSPS) is 15.0. The Balaban J connectivity index is 1.73. The average molecular weight is 345 g/mol. The number of methoxy groups -OCH3 is 1. The van der Waals surface area contributed by atoms with Gasteiger partial charge in [-0.1, -0.05) is 6.92 Å². The maximum atomic E-state index is 5.89. The quantitative estimate of drug-likeness (QED) is 0.707. The van der Waals surface area contributed by atoms with E-state index in [0.717, 1.165) is 61.9 Å². The molecule has 0 amide bonds. The first-order valence-electron chi connectivity index (χ1n) is 8.90. The van der Waals surface area contributed by atoms with Crippen molar-refractivity contribution in [2.45, 2.75) is 32.7 Å². The Bertz CT molecular complexity index is 701. The highest BCUT2D eigenvalue weighted by atomic mass is 16.5. The molecule has 1 aliphatic rings. The smallest absolute Gasteiger partial charge is 0.220 e. The molecule has 25 heavy (non-hydrogen) atoms. The minimum atomic E-state index is 0.516. The van der Waals surface area contributed by atoms with E-state index in [4.69, 9.17) is 14.5 Å². The molecular weight excluding hydrogens is 318 g/mol. The summed E-state index contributed by atoms with van der Waals surface area (Å²) < 4.78 is 12.8. The number of hydrogen-bond donors (Lipinski definition) is 0. The van der Waals surface area contributed by atoms with Gasteiger partial charge in [0.25, 0.3) is 0 Å². The van der Waals surface area contributed by atoms with Gasteiger partial charge >= 0.3 is 0 Å². The lowest BCUT2D eigenvalue weighted by Gasteiger charge is -2.18. The first-order chi connectivity index (χ1) is 12.2. The summed E-state index contributed by atoms with van der Waals surface area (Å²) in [6.07, 6.45) is 6.65. The fraction of sp³-hybridized carbons (Fsp3) is 0.611. The largest absolute Gasteiger partial charge is 0.475 e. The lowest BCUT2D eigenvalue weighted by Crippen LogP contribution is -2.25. The molecule has 136 valence electrons. The highest BCUT2D eigenvalue weighted by molar-refractivity contribution is 5.33. The van der Waals surface area contributed by atoms with Gasteiger partial charge in [0.05, 0.1) is 18.5 Å². The molecule has 7 nitrogen and oxygen atoms in total. The van der Waals surface area contributed by atoms with Crippen LogP contribution in [0.4, 0.5) is 0 Å². The van der Waals surface area contributed by atoms with Crippen LogP contribution in [0.5, 0.6) is 5.88 Å². The Labute approximate surface area is 149 Å². The van der Waals surface area contributed by atoms with Crippen LogP contribution in [0.25, 0.3) is 0 Å². The van der Waals surface area contributed by atoms with E-state index in [0.29, 0.717) is 13.2 Å². The van der Waals surface area contributed by atoms with E-state index >= 15 is 0 Å². The highest BCUT2D eigenvalue weighted by Gasteiger charge is 2.21. The molecule has 0 N–H and O–H groups in total. The average Bonchev–Trinajstić information content (AvgIpc) is 2.91. The summed E-state index contributed by atoms with van der Waals surface area (Å²) in [4.78, 5) is 11.8. The second-order valence-corrected chi connectivity index (χ2v) is 6.36. The van der Waals surface area contributed by atoms with Crippen molar-refractivity contribution in [3.63, 3.8) is 0 Å². The predicted molar refractivity (Wildman–Crippen MR) is 94.7 cm³/mol. The third-order valence-corrected chi connectivity index (χ3v) is 4.45. The molecule has 0 atom stereocenters. The number of nitrogens with zero attached hydrogens (tertiary/aromatic N) is 5. The highest BCUT2D eigenvalue weighted by Crippen LogP contribution is 2.24. The molecule has 0 spiro atoms. The van der Waals surface area contributed by atoms with E-state index in [-0.39, 0.29) is 0 Å². The molecule has 2 aromatic rings. The zero-order valence-corrected chi connectivity index (χ0v) is 15.4. The van der Waals surface area contributed by atoms with Crippen molar-refractivity contribution in [2.24, 2.45) is 7.05 Å². The lowest BCUT2D eigenvalue weighted by atomic mass is 10.1. The van der Waals surface area contributed by atoms with Crippen molar-refractivity contribution in [2.75, 3.05) is 33.4 Å². The van der Waals surface area contributed by atoms with Gasteiger partial charge < -0.3 is 9.47 Å². The third kappa shape index (κ3) is 4.55. The molecular formula is C18H27N5O2. The minimum absolute atomic E-state index is 0.516. The molecule has 7 heteroatoms. The maximum Gasteiger partial charge on any atom is 0.220 e. The van der Waals surface area contributed by atoms with Crippen molar-refractivity contribution in [1.82, 2.24) is 24.6 Å². The van der Waals surface area contributed by atoms with Crippen molar-refractivity contribution < 1.29 is 9.47 Å². The summed E-state index contributed by atoms with van der Waals surface area (Å²) in [5.41, 5.74) is 3.53. The zero-order chi connectivity index (χ0) is 17.6. The Morgan fingerprint density at radius 1 is 1.16 bits per heavy atom. The first kappa shape index (κ1) is 17.8. The van der Waals surface area contributed by atoms with Crippen molar-refractivity contribution in [3.8, 4) is 5.88 Å². The summed E-state index contributed by atoms with van der Waals surface area (Å²) in [6, 6.07) is 0. The van der Waals surface area contributed by atoms with Crippen LogP contribution in [-0.4, -0.2) is 58.1 Å². The summed E-state index contributed by atoms with van der Waals surface area (Å²) in [6.45, 7) is 6.02. The Hall–Kier alpha value is -1.99. The number of fused-ring (bicyclic) bond motifs is 1. The summed E-state index contributed by atoms with van der Waals surface area (Å²) in [5, 5.41) is 4.26. The van der Waals surface area contributed by atoms with Gasteiger partial charge in [0.1, 0.15) is 12.4 Å². The van der Waals surface area contributed by atoms with Gasteiger partial charge in [-0.25, -0.2) is 4.98 Å². The number of aryl methyl sites for hydroxylation is 2. The summed E-state index contributed by atoms with van der Waals surface area (Å²) in [7, 11) is 3.63. The van der Waals surface area contributed by atoms with Crippen molar-refractivity contribution in [1.29, 1.82) is 0 Å². The molecule has 0 saturated heterocycles. The van der Waals surface area contributed by atoms with Gasteiger partial charge in [0.15, 0.2) is 0 Å². The van der Waals surface area contributed by atoms with Crippen LogP contribution in [0.2, 0.25) is 0 Å². The fourth-order valence-electron chi connectivity index (χ4n) is 3.13. The molecule has 3 heterocycles. The van der Waals surface area contributed by atoms with Gasteiger partial charge in [0, 0.05) is 64.0 Å². The van der Waals surface area contributed by atoms with E-state index in [1.807, 2.05) is 17.9 Å². The number of hydrogen-bond acceptors (Lipinski definition) is 6. The fourth-order valence-corrected chi connectivity index (χ4v) is 3.13. The Morgan fingerprint density at radius 2 is 2.00 bits per heavy atom. The molecule has 3 rings (SSSR count). The molecule has 0 bridgehead atoms. The molecule has 0 unspecified atom stereocenters. The van der Waals surface area contributed by atoms with Crippen molar-refractivity contribution >= 4 is 0 Å². The van der Waals surface area contributed by atoms with Crippen LogP contribution >= 0.6 is 0 Å². The van der Waals surface area contributed by atoms with Crippen LogP contribution < -0.4 is 4.74 Å². The molecule has 1 aliphatic heterocycles. The van der Waals surface area contributed by atoms with Crippen molar-refractivity contribution in [3.05, 3.63) is 35.0 Å². The molecule has 2 aromatic heterocycles. The van der Waals surface area contributed by atoms with E-state index in [9.17, 15) is 0 Å². The van der Waals surface area contributed by atoms with E-state index in [1.54, 1.807) is 7.11 Å². The number of aromatic nitrogens is 4. The summed E-state index contributed by atoms with van der Waals surface area (Å²) >= 11 is 0. The molecule has 0 aromatic carbocycles. The standard InChI is InChI=1S/C18H27N5O2/c1-4-17-20-16-6-8-23(13-14-11-19-22(2)12-14)7-5-15(16)18(21-17)25-10-9-24-3/h11-12H,4-10,13H2,1-3H3. The predicted octanol–water partition coefficient (Wildman–Crippen LogP) is 1.40. The van der Waals surface area contributed by atoms with Crippen LogP contribution in [0.1, 0.15) is 29.6 Å². The molecule has 0 saturated carbocycles. The van der Waals surface area contributed by atoms with Gasteiger partial charge in [-0.05, 0) is 6.42 Å². The van der Waals surface area contributed by atoms with Crippen LogP contribution in [-0.2, 0) is 37.6 Å². The second kappa shape index (κ2) is 8.40. The topological polar surface area (TPSA) is 65.3 Å². The monoisotopic (exact) mass is 345 g/mol. The van der Waals surface area contributed by atoms with E-state index < -0.39 is 0 Å². The lowest BCUT2D eigenvalue weighted by molar-refractivity contribution is 0.142. The molecule has 0 radical (unpaired) electrons. The number of rotatable bonds is 7. The zero-order valence-electron chi connectivity index (χ0n) is 15.4. The minimum Gasteiger partial charge on any atom is -0.475 e. The Kier molecular flexibility index (Phi) is 5.99. The van der Waals surface area contributed by atoms with Crippen LogP contribution in [0.3, 0.4) is 0 Å². The van der Waals surface area contributed by atoms with Gasteiger partial charge in [-0.2, -0.15) is 10.1 Å². The number of ether oxygens (including phenoxy) is 2. The van der Waals surface area contributed by atoms with Gasteiger partial charge in [-0.15, -0.1) is 0 Å². The Morgan fingerprint density at radius 3 is 2.72 bits per heavy atom. The SMILES string of the molecule is CCc1nc2c(c(OCCOC)n1)CCN(Cc1cnn(C)c1)CC2. The van der Waals surface area contributed by atoms with Gasteiger partial charge in [-0.3, -0.25) is 9.58 Å². The van der Waals surface area contributed by atoms with Crippen LogP contribution in [0.15, 0.2) is 12.4 Å².